The molecule has 0 spiro atoms. The van der Waals surface area contributed by atoms with Crippen LogP contribution in [0.25, 0.3) is 11.2 Å². The molecule has 13 heteroatoms. The molecule has 1 saturated carbocycles. The maximum Gasteiger partial charge on any atom is 0.407 e. The fourth-order valence-electron chi connectivity index (χ4n) is 4.82. The summed E-state index contributed by atoms with van der Waals surface area (Å²) in [6, 6.07) is 4.65. The number of nitrogens with one attached hydrogen (secondary N) is 3. The number of aromatic nitrogens is 3. The van der Waals surface area contributed by atoms with Gasteiger partial charge in [-0.25, -0.2) is 13.6 Å². The van der Waals surface area contributed by atoms with Gasteiger partial charge in [0.1, 0.15) is 5.60 Å². The van der Waals surface area contributed by atoms with Crippen LogP contribution in [0.2, 0.25) is 10.0 Å². The second-order valence-corrected chi connectivity index (χ2v) is 12.5. The van der Waals surface area contributed by atoms with E-state index in [0.717, 1.165) is 5.92 Å². The van der Waals surface area contributed by atoms with Gasteiger partial charge < -0.3 is 25.1 Å². The lowest BCUT2D eigenvalue weighted by Gasteiger charge is -2.20. The van der Waals surface area contributed by atoms with E-state index in [9.17, 15) is 18.4 Å². The number of rotatable bonds is 10. The number of nitrogens with zero attached hydrogens (tertiary/aromatic N) is 2. The molecule has 1 aliphatic rings. The lowest BCUT2D eigenvalue weighted by Crippen LogP contribution is -2.32. The molecule has 0 radical (unpaired) electrons. The summed E-state index contributed by atoms with van der Waals surface area (Å²) in [7, 11) is 0. The van der Waals surface area contributed by atoms with Gasteiger partial charge in [-0.15, -0.1) is 0 Å². The van der Waals surface area contributed by atoms with E-state index < -0.39 is 30.5 Å². The number of alkyl carbamates (subject to hydrolysis) is 1. The van der Waals surface area contributed by atoms with E-state index in [1.54, 1.807) is 32.9 Å². The summed E-state index contributed by atoms with van der Waals surface area (Å²) >= 11 is 12.8. The zero-order valence-electron chi connectivity index (χ0n) is 27.8. The van der Waals surface area contributed by atoms with Crippen LogP contribution in [0.15, 0.2) is 18.2 Å². The molecule has 1 aromatic carbocycles. The predicted molar refractivity (Wildman–Crippen MR) is 181 cm³/mol. The smallest absolute Gasteiger partial charge is 0.407 e. The lowest BCUT2D eigenvalue weighted by molar-refractivity contribution is 0.0523. The first-order valence-electron chi connectivity index (χ1n) is 15.8. The van der Waals surface area contributed by atoms with Gasteiger partial charge >= 0.3 is 6.09 Å². The van der Waals surface area contributed by atoms with Gasteiger partial charge in [0.25, 0.3) is 6.43 Å². The van der Waals surface area contributed by atoms with E-state index in [0.29, 0.717) is 16.8 Å². The van der Waals surface area contributed by atoms with Crippen molar-refractivity contribution in [2.24, 2.45) is 5.92 Å². The van der Waals surface area contributed by atoms with Crippen molar-refractivity contribution in [2.75, 3.05) is 11.9 Å². The molecule has 0 saturated heterocycles. The number of carbonyl (C=O) groups is 2. The molecule has 0 unspecified atom stereocenters. The Morgan fingerprint density at radius 1 is 1.11 bits per heavy atom. The zero-order valence-corrected chi connectivity index (χ0v) is 29.3. The maximum atomic E-state index is 12.6. The summed E-state index contributed by atoms with van der Waals surface area (Å²) in [4.78, 5) is 35.2. The Hall–Kier alpha value is -3.18. The van der Waals surface area contributed by atoms with Crippen molar-refractivity contribution < 1.29 is 27.8 Å². The third-order valence-electron chi connectivity index (χ3n) is 6.82. The monoisotopic (exact) mass is 685 g/mol. The largest absolute Gasteiger partial charge is 0.471 e. The molecule has 256 valence electrons. The van der Waals surface area contributed by atoms with Gasteiger partial charge in [-0.2, -0.15) is 9.97 Å². The Kier molecular flexibility index (Phi) is 16.0. The number of benzene rings is 1. The molecule has 46 heavy (non-hydrogen) atoms. The number of ether oxygens (including phenoxy) is 2. The second kappa shape index (κ2) is 18.8. The first-order chi connectivity index (χ1) is 21.8. The molecule has 9 nitrogen and oxygen atoms in total. The quantitative estimate of drug-likeness (QED) is 0.182. The number of amides is 1. The van der Waals surface area contributed by atoms with E-state index in [1.165, 1.54) is 57.9 Å². The maximum absolute atomic E-state index is 12.6. The topological polar surface area (TPSA) is 118 Å². The summed E-state index contributed by atoms with van der Waals surface area (Å²) in [6.07, 6.45) is 7.10. The third-order valence-corrected chi connectivity index (χ3v) is 7.57. The van der Waals surface area contributed by atoms with Crippen LogP contribution < -0.4 is 15.4 Å². The number of fused-ring (bicyclic) bond motifs is 1. The van der Waals surface area contributed by atoms with E-state index in [-0.39, 0.29) is 39.6 Å². The number of aromatic amines is 1. The highest BCUT2D eigenvalue weighted by Crippen LogP contribution is 2.35. The minimum absolute atomic E-state index is 0.0274. The number of halogens is 4. The van der Waals surface area contributed by atoms with E-state index >= 15 is 0 Å². The summed E-state index contributed by atoms with van der Waals surface area (Å²) in [6.45, 7) is 12.0. The Morgan fingerprint density at radius 2 is 1.78 bits per heavy atom. The van der Waals surface area contributed by atoms with Gasteiger partial charge in [-0.05, 0) is 51.3 Å². The molecule has 3 N–H and O–H groups in total. The van der Waals surface area contributed by atoms with Crippen LogP contribution in [-0.2, 0) is 11.3 Å². The number of anilines is 2. The molecule has 0 aliphatic heterocycles. The number of hydrogen-bond donors (Lipinski definition) is 3. The SMILES string of the molecule is CC.CC(=O)c1cc2[nH]c(Nc3c(Cl)ccc(CNC(=O)OC(C)(C)C)c3Cl)nc2nc1OCC(F)F.CCCC1CCCCC1. The van der Waals surface area contributed by atoms with E-state index in [4.69, 9.17) is 32.7 Å². The van der Waals surface area contributed by atoms with Crippen molar-refractivity contribution in [2.45, 2.75) is 112 Å². The van der Waals surface area contributed by atoms with Crippen molar-refractivity contribution in [3.8, 4) is 5.88 Å². The van der Waals surface area contributed by atoms with E-state index in [1.807, 2.05) is 13.8 Å². The minimum atomic E-state index is -2.73. The van der Waals surface area contributed by atoms with Crippen molar-refractivity contribution in [1.29, 1.82) is 0 Å². The highest BCUT2D eigenvalue weighted by Gasteiger charge is 2.20. The average molecular weight is 687 g/mol. The molecular formula is C33H47Cl2F2N5O4. The fourth-order valence-corrected chi connectivity index (χ4v) is 5.35. The number of ketones is 1. The molecule has 0 bridgehead atoms. The number of hydrogen-bond acceptors (Lipinski definition) is 7. The van der Waals surface area contributed by atoms with Gasteiger partial charge in [0.2, 0.25) is 11.8 Å². The summed E-state index contributed by atoms with van der Waals surface area (Å²) in [5.41, 5.74) is 0.716. The van der Waals surface area contributed by atoms with Crippen molar-refractivity contribution >= 4 is 57.9 Å². The third kappa shape index (κ3) is 12.5. The Labute approximate surface area is 280 Å². The summed E-state index contributed by atoms with van der Waals surface area (Å²) < 4.78 is 35.3. The number of carbonyl (C=O) groups excluding carboxylic acids is 2. The Bertz CT molecular complexity index is 1420. The summed E-state index contributed by atoms with van der Waals surface area (Å²) in [5.74, 6) is 0.622. The summed E-state index contributed by atoms with van der Waals surface area (Å²) in [5, 5.41) is 6.08. The number of alkyl halides is 2. The highest BCUT2D eigenvalue weighted by molar-refractivity contribution is 6.39. The first kappa shape index (κ1) is 39.0. The molecule has 1 aliphatic carbocycles. The van der Waals surface area contributed by atoms with Crippen molar-refractivity contribution in [1.82, 2.24) is 20.3 Å². The van der Waals surface area contributed by atoms with Crippen LogP contribution >= 0.6 is 23.2 Å². The minimum Gasteiger partial charge on any atom is -0.471 e. The van der Waals surface area contributed by atoms with Gasteiger partial charge in [-0.3, -0.25) is 4.79 Å². The zero-order chi connectivity index (χ0) is 34.4. The van der Waals surface area contributed by atoms with Crippen LogP contribution in [0.4, 0.5) is 25.2 Å². The van der Waals surface area contributed by atoms with Crippen LogP contribution in [0.1, 0.15) is 109 Å². The highest BCUT2D eigenvalue weighted by atomic mass is 35.5. The van der Waals surface area contributed by atoms with Gasteiger partial charge in [0.05, 0.1) is 26.8 Å². The molecule has 2 heterocycles. The second-order valence-electron chi connectivity index (χ2n) is 11.7. The van der Waals surface area contributed by atoms with Crippen LogP contribution in [0.3, 0.4) is 0 Å². The van der Waals surface area contributed by atoms with Gasteiger partial charge in [-0.1, -0.05) is 95.0 Å². The Morgan fingerprint density at radius 3 is 2.37 bits per heavy atom. The number of Topliss-reactive ketones (excluding diaryl/α,β-unsaturated/α-hetero) is 1. The Balaban J connectivity index is 0.000000569. The molecular weight excluding hydrogens is 639 g/mol. The van der Waals surface area contributed by atoms with Gasteiger partial charge in [0.15, 0.2) is 18.0 Å². The number of imidazole rings is 1. The average Bonchev–Trinajstić information content (AvgIpc) is 3.40. The number of H-pyrrole nitrogens is 1. The normalized spacial score (nSPS) is 13.3. The fraction of sp³-hybridized carbons (Fsp3) is 0.576. The molecule has 3 aromatic rings. The van der Waals surface area contributed by atoms with Crippen molar-refractivity contribution in [3.63, 3.8) is 0 Å². The number of pyridine rings is 1. The standard InChI is InChI=1S/C22H23Cl2F2N5O4.C9H18.C2H6/c1-10(32)12-7-14-18(30-19(12)34-9-15(25)26)31-20(28-14)29-17-13(23)6-5-11(16(17)24)8-27-21(33)35-22(2,3)4;1-2-6-9-7-4-3-5-8-9;1-2/h5-7,15H,8-9H2,1-4H3,(H,27,33)(H2,28,29,30,31);9H,2-8H2,1H3;1-2H3. The molecule has 1 amide bonds. The van der Waals surface area contributed by atoms with Crippen LogP contribution in [0, 0.1) is 5.92 Å². The predicted octanol–water partition coefficient (Wildman–Crippen LogP) is 10.3. The molecule has 4 rings (SSSR count). The molecule has 1 fully saturated rings. The van der Waals surface area contributed by atoms with Crippen molar-refractivity contribution in [3.05, 3.63) is 39.4 Å². The van der Waals surface area contributed by atoms with Gasteiger partial charge in [0, 0.05) is 6.54 Å². The molecule has 0 atom stereocenters. The first-order valence-corrected chi connectivity index (χ1v) is 16.6. The van der Waals surface area contributed by atoms with E-state index in [2.05, 4.69) is 32.5 Å². The van der Waals surface area contributed by atoms with Crippen LogP contribution in [-0.4, -0.2) is 45.5 Å². The molecule has 2 aromatic heterocycles. The lowest BCUT2D eigenvalue weighted by atomic mass is 9.86. The van der Waals surface area contributed by atoms with Crippen LogP contribution in [0.5, 0.6) is 5.88 Å².